The van der Waals surface area contributed by atoms with Gasteiger partial charge in [-0.15, -0.1) is 0 Å². The molecule has 3 aromatic carbocycles. The SMILES string of the molecule is COc1ccc(C23Oc4cc(OC)cc(OC)c4C2(O)c2nc(-c4ccc(Cl)nc4)[nH]c(=O)c2C3c2ccccc2)cc1. The molecule has 216 valence electrons. The molecular weight excluding hydrogens is 570 g/mol. The van der Waals surface area contributed by atoms with Crippen LogP contribution in [0.2, 0.25) is 5.15 Å². The molecule has 0 spiro atoms. The molecule has 1 aliphatic heterocycles. The monoisotopic (exact) mass is 595 g/mol. The van der Waals surface area contributed by atoms with E-state index in [4.69, 9.17) is 35.5 Å². The first-order valence-corrected chi connectivity index (χ1v) is 13.9. The van der Waals surface area contributed by atoms with Crippen LogP contribution < -0.4 is 24.5 Å². The van der Waals surface area contributed by atoms with Gasteiger partial charge in [-0.2, -0.15) is 0 Å². The summed E-state index contributed by atoms with van der Waals surface area (Å²) in [6, 6.07) is 23.4. The van der Waals surface area contributed by atoms with Crippen molar-refractivity contribution in [2.75, 3.05) is 21.3 Å². The highest BCUT2D eigenvalue weighted by Crippen LogP contribution is 2.69. The number of pyridine rings is 1. The normalized spacial score (nSPS) is 21.4. The van der Waals surface area contributed by atoms with Crippen molar-refractivity contribution in [1.82, 2.24) is 15.0 Å². The second-order valence-electron chi connectivity index (χ2n) is 10.4. The van der Waals surface area contributed by atoms with Gasteiger partial charge in [0.25, 0.3) is 5.56 Å². The minimum Gasteiger partial charge on any atom is -0.497 e. The van der Waals surface area contributed by atoms with Crippen LogP contribution in [0, 0.1) is 0 Å². The zero-order valence-electron chi connectivity index (χ0n) is 23.4. The van der Waals surface area contributed by atoms with Crippen LogP contribution in [0.25, 0.3) is 11.4 Å². The number of aliphatic hydroxyl groups is 1. The molecule has 7 rings (SSSR count). The van der Waals surface area contributed by atoms with Crippen molar-refractivity contribution in [3.63, 3.8) is 0 Å². The lowest BCUT2D eigenvalue weighted by Gasteiger charge is -2.40. The number of fused-ring (bicyclic) bond motifs is 5. The summed E-state index contributed by atoms with van der Waals surface area (Å²) in [7, 11) is 4.63. The van der Waals surface area contributed by atoms with Crippen molar-refractivity contribution in [3.05, 3.63) is 129 Å². The predicted molar refractivity (Wildman–Crippen MR) is 159 cm³/mol. The Labute approximate surface area is 251 Å². The van der Waals surface area contributed by atoms with E-state index >= 15 is 0 Å². The highest BCUT2D eigenvalue weighted by atomic mass is 35.5. The summed E-state index contributed by atoms with van der Waals surface area (Å²) in [6.45, 7) is 0. The van der Waals surface area contributed by atoms with Crippen molar-refractivity contribution in [1.29, 1.82) is 0 Å². The molecule has 10 heteroatoms. The number of nitrogens with zero attached hydrogens (tertiary/aromatic N) is 2. The average molecular weight is 596 g/mol. The molecule has 3 heterocycles. The molecule has 3 unspecified atom stereocenters. The maximum absolute atomic E-state index is 14.2. The van der Waals surface area contributed by atoms with E-state index in [1.807, 2.05) is 42.5 Å². The topological polar surface area (TPSA) is 116 Å². The summed E-state index contributed by atoms with van der Waals surface area (Å²) < 4.78 is 23.8. The first kappa shape index (κ1) is 27.0. The highest BCUT2D eigenvalue weighted by Gasteiger charge is 2.73. The quantitative estimate of drug-likeness (QED) is 0.258. The Morgan fingerprint density at radius 3 is 2.33 bits per heavy atom. The number of aromatic amines is 1. The summed E-state index contributed by atoms with van der Waals surface area (Å²) in [5.74, 6) is 1.20. The zero-order chi connectivity index (χ0) is 29.9. The highest BCUT2D eigenvalue weighted by molar-refractivity contribution is 6.29. The maximum Gasteiger partial charge on any atom is 0.255 e. The van der Waals surface area contributed by atoms with E-state index in [-0.39, 0.29) is 17.1 Å². The van der Waals surface area contributed by atoms with Crippen molar-refractivity contribution in [2.24, 2.45) is 0 Å². The van der Waals surface area contributed by atoms with Gasteiger partial charge < -0.3 is 29.0 Å². The third-order valence-corrected chi connectivity index (χ3v) is 8.53. The largest absolute Gasteiger partial charge is 0.497 e. The number of halogens is 1. The van der Waals surface area contributed by atoms with Crippen LogP contribution in [-0.4, -0.2) is 41.4 Å². The molecule has 43 heavy (non-hydrogen) atoms. The maximum atomic E-state index is 14.2. The van der Waals surface area contributed by atoms with Gasteiger partial charge in [-0.25, -0.2) is 9.97 Å². The fourth-order valence-electron chi connectivity index (χ4n) is 6.48. The molecule has 2 aromatic heterocycles. The lowest BCUT2D eigenvalue weighted by molar-refractivity contribution is -0.0909. The van der Waals surface area contributed by atoms with E-state index < -0.39 is 22.7 Å². The summed E-state index contributed by atoms with van der Waals surface area (Å²) in [4.78, 5) is 26.2. The number of methoxy groups -OCH3 is 3. The van der Waals surface area contributed by atoms with Crippen molar-refractivity contribution in [2.45, 2.75) is 17.1 Å². The summed E-state index contributed by atoms with van der Waals surface area (Å²) in [6.07, 6.45) is 1.52. The number of hydrogen-bond donors (Lipinski definition) is 2. The summed E-state index contributed by atoms with van der Waals surface area (Å²) >= 11 is 6.04. The molecule has 5 aromatic rings. The van der Waals surface area contributed by atoms with Crippen LogP contribution >= 0.6 is 11.6 Å². The number of benzene rings is 3. The minimum absolute atomic E-state index is 0.146. The van der Waals surface area contributed by atoms with Crippen LogP contribution in [-0.2, 0) is 11.2 Å². The van der Waals surface area contributed by atoms with Gasteiger partial charge in [0.05, 0.1) is 44.1 Å². The minimum atomic E-state index is -1.99. The second kappa shape index (κ2) is 9.86. The van der Waals surface area contributed by atoms with E-state index in [0.717, 1.165) is 5.56 Å². The molecule has 9 nitrogen and oxygen atoms in total. The van der Waals surface area contributed by atoms with Crippen LogP contribution in [0.15, 0.2) is 89.9 Å². The molecule has 0 bridgehead atoms. The Morgan fingerprint density at radius 2 is 1.67 bits per heavy atom. The Kier molecular flexibility index (Phi) is 6.19. The molecule has 1 aliphatic carbocycles. The lowest BCUT2D eigenvalue weighted by atomic mass is 9.70. The van der Waals surface area contributed by atoms with E-state index in [2.05, 4.69) is 9.97 Å². The van der Waals surface area contributed by atoms with Gasteiger partial charge >= 0.3 is 0 Å². The third kappa shape index (κ3) is 3.71. The average Bonchev–Trinajstić information content (AvgIpc) is 3.44. The van der Waals surface area contributed by atoms with Gasteiger partial charge in [0, 0.05) is 29.5 Å². The van der Waals surface area contributed by atoms with Crippen LogP contribution in [0.5, 0.6) is 23.0 Å². The van der Waals surface area contributed by atoms with Gasteiger partial charge in [0.1, 0.15) is 34.0 Å². The Hall–Kier alpha value is -4.86. The van der Waals surface area contributed by atoms with Crippen molar-refractivity contribution < 1.29 is 24.1 Å². The first-order chi connectivity index (χ1) is 20.8. The standard InChI is InChI=1S/C33H26ClN3O6/c1-40-21-12-10-20(11-13-21)33-27(18-7-5-4-6-8-18)26-29(36-30(37-31(26)38)19-9-14-25(34)35-17-19)32(33,39)28-23(42-3)15-22(41-2)16-24(28)43-33/h4-17,27,39H,1-3H3,(H,36,37,38). The van der Waals surface area contributed by atoms with Crippen LogP contribution in [0.1, 0.15) is 33.9 Å². The molecule has 0 radical (unpaired) electrons. The summed E-state index contributed by atoms with van der Waals surface area (Å²) in [5, 5.41) is 13.7. The molecule has 3 atom stereocenters. The van der Waals surface area contributed by atoms with Gasteiger partial charge in [0.15, 0.2) is 11.2 Å². The molecule has 0 saturated carbocycles. The lowest BCUT2D eigenvalue weighted by Crippen LogP contribution is -2.49. The molecule has 0 fully saturated rings. The van der Waals surface area contributed by atoms with Gasteiger partial charge in [-0.1, -0.05) is 54.1 Å². The van der Waals surface area contributed by atoms with Gasteiger partial charge in [0.2, 0.25) is 0 Å². The Balaban J connectivity index is 1.63. The number of ether oxygens (including phenoxy) is 4. The number of nitrogens with one attached hydrogen (secondary N) is 1. The second-order valence-corrected chi connectivity index (χ2v) is 10.8. The van der Waals surface area contributed by atoms with E-state index in [1.54, 1.807) is 50.6 Å². The number of rotatable bonds is 6. The van der Waals surface area contributed by atoms with Gasteiger partial charge in [-0.3, -0.25) is 4.79 Å². The third-order valence-electron chi connectivity index (χ3n) is 8.31. The van der Waals surface area contributed by atoms with E-state index in [1.165, 1.54) is 13.3 Å². The van der Waals surface area contributed by atoms with Crippen molar-refractivity contribution in [3.8, 4) is 34.4 Å². The fraction of sp³-hybridized carbons (Fsp3) is 0.182. The zero-order valence-corrected chi connectivity index (χ0v) is 24.2. The number of H-pyrrole nitrogens is 1. The van der Waals surface area contributed by atoms with E-state index in [9.17, 15) is 9.90 Å². The molecule has 2 aliphatic rings. The Morgan fingerprint density at radius 1 is 0.930 bits per heavy atom. The smallest absolute Gasteiger partial charge is 0.255 e. The van der Waals surface area contributed by atoms with Crippen molar-refractivity contribution >= 4 is 11.6 Å². The molecule has 2 N–H and O–H groups in total. The number of hydrogen-bond acceptors (Lipinski definition) is 8. The Bertz CT molecular complexity index is 1910. The van der Waals surface area contributed by atoms with Crippen LogP contribution in [0.3, 0.4) is 0 Å². The summed E-state index contributed by atoms with van der Waals surface area (Å²) in [5.41, 5.74) is -1.36. The predicted octanol–water partition coefficient (Wildman–Crippen LogP) is 5.18. The molecule has 0 saturated heterocycles. The first-order valence-electron chi connectivity index (χ1n) is 13.5. The molecular formula is C33H26ClN3O6. The van der Waals surface area contributed by atoms with Gasteiger partial charge in [-0.05, 0) is 29.8 Å². The molecule has 0 amide bonds. The van der Waals surface area contributed by atoms with E-state index in [0.29, 0.717) is 44.8 Å². The fourth-order valence-corrected chi connectivity index (χ4v) is 6.59. The van der Waals surface area contributed by atoms with Crippen LogP contribution in [0.4, 0.5) is 0 Å². The number of aromatic nitrogens is 3.